The number of hydrogen-bond donors (Lipinski definition) is 1. The first-order chi connectivity index (χ1) is 6.87. The molecular formula is C11H24O4. The van der Waals surface area contributed by atoms with Crippen LogP contribution in [0.3, 0.4) is 0 Å². The zero-order valence-corrected chi connectivity index (χ0v) is 10.4. The lowest BCUT2D eigenvalue weighted by atomic mass is 10.2. The van der Waals surface area contributed by atoms with Gasteiger partial charge in [0.1, 0.15) is 6.10 Å². The summed E-state index contributed by atoms with van der Waals surface area (Å²) in [6, 6.07) is 0. The number of unbranched alkanes of at least 4 members (excludes halogenated alkanes) is 1. The molecule has 0 aromatic rings. The van der Waals surface area contributed by atoms with E-state index in [1.807, 2.05) is 20.8 Å². The van der Waals surface area contributed by atoms with Gasteiger partial charge in [-0.1, -0.05) is 13.3 Å². The van der Waals surface area contributed by atoms with Crippen LogP contribution in [0.4, 0.5) is 0 Å². The minimum atomic E-state index is -0.712. The molecule has 92 valence electrons. The van der Waals surface area contributed by atoms with Crippen molar-refractivity contribution in [3.8, 4) is 0 Å². The van der Waals surface area contributed by atoms with E-state index in [1.54, 1.807) is 6.92 Å². The van der Waals surface area contributed by atoms with Crippen LogP contribution in [-0.4, -0.2) is 29.7 Å². The highest BCUT2D eigenvalue weighted by atomic mass is 17.2. The molecule has 0 radical (unpaired) electrons. The van der Waals surface area contributed by atoms with Crippen molar-refractivity contribution in [2.75, 3.05) is 6.61 Å². The van der Waals surface area contributed by atoms with Crippen LogP contribution in [0.2, 0.25) is 0 Å². The molecule has 0 aliphatic heterocycles. The fourth-order valence-electron chi connectivity index (χ4n) is 0.783. The monoisotopic (exact) mass is 220 g/mol. The highest BCUT2D eigenvalue weighted by Gasteiger charge is 2.21. The third kappa shape index (κ3) is 8.81. The first-order valence-electron chi connectivity index (χ1n) is 5.51. The van der Waals surface area contributed by atoms with Gasteiger partial charge in [-0.2, -0.15) is 0 Å². The van der Waals surface area contributed by atoms with Crippen molar-refractivity contribution in [2.24, 2.45) is 0 Å². The summed E-state index contributed by atoms with van der Waals surface area (Å²) in [5.41, 5.74) is -0.402. The standard InChI is InChI=1S/C11H24O4/c1-6-7-8-13-10(9(2)12)14-15-11(3,4)5/h9-10,12H,6-8H2,1-5H3. The topological polar surface area (TPSA) is 47.9 Å². The molecule has 0 aromatic carbocycles. The molecule has 15 heavy (non-hydrogen) atoms. The predicted molar refractivity (Wildman–Crippen MR) is 58.3 cm³/mol. The average molecular weight is 220 g/mol. The van der Waals surface area contributed by atoms with Gasteiger partial charge in [0.15, 0.2) is 0 Å². The van der Waals surface area contributed by atoms with Crippen molar-refractivity contribution in [2.45, 2.75) is 65.5 Å². The van der Waals surface area contributed by atoms with E-state index in [0.717, 1.165) is 12.8 Å². The van der Waals surface area contributed by atoms with E-state index in [2.05, 4.69) is 6.92 Å². The van der Waals surface area contributed by atoms with Crippen LogP contribution in [0.1, 0.15) is 47.5 Å². The second-order valence-corrected chi connectivity index (χ2v) is 4.63. The van der Waals surface area contributed by atoms with Crippen molar-refractivity contribution >= 4 is 0 Å². The SMILES string of the molecule is CCCCOC(OOC(C)(C)C)C(C)O. The number of aliphatic hydroxyl groups excluding tert-OH is 1. The highest BCUT2D eigenvalue weighted by molar-refractivity contribution is 4.56. The largest absolute Gasteiger partial charge is 0.388 e. The zero-order chi connectivity index (χ0) is 11.9. The van der Waals surface area contributed by atoms with Gasteiger partial charge in [0, 0.05) is 6.61 Å². The molecule has 0 aliphatic carbocycles. The number of aliphatic hydroxyl groups is 1. The minimum Gasteiger partial charge on any atom is -0.388 e. The Labute approximate surface area is 92.5 Å². The molecular weight excluding hydrogens is 196 g/mol. The van der Waals surface area contributed by atoms with Gasteiger partial charge in [-0.05, 0) is 34.1 Å². The van der Waals surface area contributed by atoms with Crippen LogP contribution in [0, 0.1) is 0 Å². The van der Waals surface area contributed by atoms with Gasteiger partial charge in [-0.15, -0.1) is 0 Å². The lowest BCUT2D eigenvalue weighted by Gasteiger charge is -2.24. The quantitative estimate of drug-likeness (QED) is 0.309. The van der Waals surface area contributed by atoms with Gasteiger partial charge in [0.2, 0.25) is 6.29 Å². The molecule has 2 unspecified atom stereocenters. The summed E-state index contributed by atoms with van der Waals surface area (Å²) < 4.78 is 5.34. The van der Waals surface area contributed by atoms with Crippen molar-refractivity contribution in [3.05, 3.63) is 0 Å². The maximum atomic E-state index is 9.38. The summed E-state index contributed by atoms with van der Waals surface area (Å²) in [7, 11) is 0. The molecule has 0 aliphatic rings. The van der Waals surface area contributed by atoms with Gasteiger partial charge in [-0.3, -0.25) is 0 Å². The molecule has 0 saturated heterocycles. The Bertz CT molecular complexity index is 151. The second-order valence-electron chi connectivity index (χ2n) is 4.63. The highest BCUT2D eigenvalue weighted by Crippen LogP contribution is 2.12. The maximum absolute atomic E-state index is 9.38. The molecule has 4 heteroatoms. The van der Waals surface area contributed by atoms with Gasteiger partial charge in [0.05, 0.1) is 5.60 Å². The Morgan fingerprint density at radius 2 is 1.87 bits per heavy atom. The smallest absolute Gasteiger partial charge is 0.217 e. The summed E-state index contributed by atoms with van der Waals surface area (Å²) in [5.74, 6) is 0. The van der Waals surface area contributed by atoms with Gasteiger partial charge in [-0.25, -0.2) is 9.78 Å². The summed E-state index contributed by atoms with van der Waals surface area (Å²) >= 11 is 0. The molecule has 1 N–H and O–H groups in total. The van der Waals surface area contributed by atoms with Crippen molar-refractivity contribution in [1.82, 2.24) is 0 Å². The van der Waals surface area contributed by atoms with Crippen LogP contribution >= 0.6 is 0 Å². The first kappa shape index (κ1) is 14.8. The normalized spacial score (nSPS) is 16.4. The van der Waals surface area contributed by atoms with E-state index in [4.69, 9.17) is 14.5 Å². The van der Waals surface area contributed by atoms with Crippen LogP contribution < -0.4 is 0 Å². The van der Waals surface area contributed by atoms with Crippen LogP contribution in [0.15, 0.2) is 0 Å². The van der Waals surface area contributed by atoms with E-state index in [9.17, 15) is 5.11 Å². The van der Waals surface area contributed by atoms with E-state index in [0.29, 0.717) is 6.61 Å². The molecule has 0 rings (SSSR count). The van der Waals surface area contributed by atoms with Gasteiger partial charge < -0.3 is 9.84 Å². The Hall–Kier alpha value is -0.160. The summed E-state index contributed by atoms with van der Waals surface area (Å²) in [5, 5.41) is 9.38. The molecule has 0 heterocycles. The molecule has 0 amide bonds. The summed E-state index contributed by atoms with van der Waals surface area (Å²) in [4.78, 5) is 10.1. The first-order valence-corrected chi connectivity index (χ1v) is 5.51. The Morgan fingerprint density at radius 3 is 2.27 bits per heavy atom. The van der Waals surface area contributed by atoms with Crippen LogP contribution in [-0.2, 0) is 14.5 Å². The summed E-state index contributed by atoms with van der Waals surface area (Å²) in [6.45, 7) is 9.88. The molecule has 4 nitrogen and oxygen atoms in total. The number of hydrogen-bond acceptors (Lipinski definition) is 4. The Morgan fingerprint density at radius 1 is 1.27 bits per heavy atom. The lowest BCUT2D eigenvalue weighted by Crippen LogP contribution is -2.33. The van der Waals surface area contributed by atoms with Gasteiger partial charge in [0.25, 0.3) is 0 Å². The Balaban J connectivity index is 3.84. The minimum absolute atomic E-state index is 0.402. The molecule has 2 atom stereocenters. The Kier molecular flexibility index (Phi) is 7.09. The maximum Gasteiger partial charge on any atom is 0.217 e. The van der Waals surface area contributed by atoms with Gasteiger partial charge >= 0.3 is 0 Å². The van der Waals surface area contributed by atoms with Crippen molar-refractivity contribution in [3.63, 3.8) is 0 Å². The van der Waals surface area contributed by atoms with E-state index < -0.39 is 18.0 Å². The van der Waals surface area contributed by atoms with E-state index >= 15 is 0 Å². The number of ether oxygens (including phenoxy) is 1. The predicted octanol–water partition coefficient (Wildman–Crippen LogP) is 2.26. The third-order valence-electron chi connectivity index (χ3n) is 1.57. The van der Waals surface area contributed by atoms with E-state index in [1.165, 1.54) is 0 Å². The zero-order valence-electron chi connectivity index (χ0n) is 10.4. The van der Waals surface area contributed by atoms with Crippen LogP contribution in [0.25, 0.3) is 0 Å². The molecule has 0 spiro atoms. The second kappa shape index (κ2) is 7.17. The molecule has 0 saturated carbocycles. The lowest BCUT2D eigenvalue weighted by molar-refractivity contribution is -0.427. The number of rotatable bonds is 7. The van der Waals surface area contributed by atoms with Crippen molar-refractivity contribution in [1.29, 1.82) is 0 Å². The van der Waals surface area contributed by atoms with Crippen LogP contribution in [0.5, 0.6) is 0 Å². The molecule has 0 aromatic heterocycles. The third-order valence-corrected chi connectivity index (χ3v) is 1.57. The van der Waals surface area contributed by atoms with Crippen molar-refractivity contribution < 1.29 is 19.6 Å². The average Bonchev–Trinajstić information content (AvgIpc) is 2.08. The molecule has 0 bridgehead atoms. The summed E-state index contributed by atoms with van der Waals surface area (Å²) in [6.07, 6.45) is 0.578. The van der Waals surface area contributed by atoms with E-state index in [-0.39, 0.29) is 0 Å². The fourth-order valence-corrected chi connectivity index (χ4v) is 0.783. The fraction of sp³-hybridized carbons (Fsp3) is 1.00. The molecule has 0 fully saturated rings.